The molecule has 118 valence electrons. The summed E-state index contributed by atoms with van der Waals surface area (Å²) in [7, 11) is 1.86. The molecule has 6 nitrogen and oxygen atoms in total. The zero-order chi connectivity index (χ0) is 15.8. The van der Waals surface area contributed by atoms with E-state index >= 15 is 0 Å². The first-order valence-electron chi connectivity index (χ1n) is 7.35. The highest BCUT2D eigenvalue weighted by atomic mass is 16.5. The van der Waals surface area contributed by atoms with E-state index in [1.165, 1.54) is 0 Å². The Balaban J connectivity index is 1.93. The van der Waals surface area contributed by atoms with Gasteiger partial charge in [0.05, 0.1) is 29.5 Å². The molecule has 21 heavy (non-hydrogen) atoms. The van der Waals surface area contributed by atoms with Crippen LogP contribution < -0.4 is 10.6 Å². The summed E-state index contributed by atoms with van der Waals surface area (Å²) in [6, 6.07) is -0.267. The Hall–Kier alpha value is -1.56. The third kappa shape index (κ3) is 3.75. The van der Waals surface area contributed by atoms with Gasteiger partial charge in [0.1, 0.15) is 0 Å². The van der Waals surface area contributed by atoms with Gasteiger partial charge < -0.3 is 15.4 Å². The molecule has 0 saturated carbocycles. The Morgan fingerprint density at radius 2 is 2.14 bits per heavy atom. The van der Waals surface area contributed by atoms with Gasteiger partial charge in [-0.3, -0.25) is 4.68 Å². The summed E-state index contributed by atoms with van der Waals surface area (Å²) >= 11 is 0. The second-order valence-electron chi connectivity index (χ2n) is 7.01. The van der Waals surface area contributed by atoms with Gasteiger partial charge in [-0.25, -0.2) is 4.79 Å². The van der Waals surface area contributed by atoms with Crippen molar-refractivity contribution in [2.75, 3.05) is 0 Å². The molecule has 1 saturated heterocycles. The summed E-state index contributed by atoms with van der Waals surface area (Å²) in [6.45, 7) is 10.1. The third-order valence-corrected chi connectivity index (χ3v) is 3.95. The van der Waals surface area contributed by atoms with E-state index in [1.807, 2.05) is 47.9 Å². The summed E-state index contributed by atoms with van der Waals surface area (Å²) in [5.41, 5.74) is 0.407. The fourth-order valence-electron chi connectivity index (χ4n) is 2.93. The van der Waals surface area contributed by atoms with Gasteiger partial charge in [-0.2, -0.15) is 5.10 Å². The first kappa shape index (κ1) is 15.8. The largest absolute Gasteiger partial charge is 0.367 e. The van der Waals surface area contributed by atoms with Crippen LogP contribution in [0.3, 0.4) is 0 Å². The quantitative estimate of drug-likeness (QED) is 0.897. The molecular formula is C15H26N4O2. The predicted octanol–water partition coefficient (Wildman–Crippen LogP) is 2.13. The van der Waals surface area contributed by atoms with E-state index in [-0.39, 0.29) is 29.3 Å². The topological polar surface area (TPSA) is 68.2 Å². The highest BCUT2D eigenvalue weighted by Gasteiger charge is 2.46. The van der Waals surface area contributed by atoms with Gasteiger partial charge in [-0.05, 0) is 41.0 Å². The number of nitrogens with one attached hydrogen (secondary N) is 2. The molecule has 2 amide bonds. The minimum Gasteiger partial charge on any atom is -0.367 e. The average Bonchev–Trinajstić information content (AvgIpc) is 2.80. The number of amides is 2. The fourth-order valence-corrected chi connectivity index (χ4v) is 2.93. The Morgan fingerprint density at radius 1 is 1.48 bits per heavy atom. The standard InChI is InChI=1S/C15H26N4O2/c1-10(11-8-16-19(6)9-11)17-13(20)18-12-7-14(2,3)21-15(12,4)5/h8-10,12H,7H2,1-6H3,(H2,17,18,20)/t10-,12+/m1/s1. The molecule has 2 N–H and O–H groups in total. The third-order valence-electron chi connectivity index (χ3n) is 3.95. The van der Waals surface area contributed by atoms with Crippen LogP contribution in [0.15, 0.2) is 12.4 Å². The molecule has 0 aliphatic carbocycles. The lowest BCUT2D eigenvalue weighted by Crippen LogP contribution is -2.50. The van der Waals surface area contributed by atoms with Crippen molar-refractivity contribution in [3.05, 3.63) is 18.0 Å². The van der Waals surface area contributed by atoms with Crippen LogP contribution in [0.4, 0.5) is 4.79 Å². The number of rotatable bonds is 3. The summed E-state index contributed by atoms with van der Waals surface area (Å²) in [4.78, 5) is 12.2. The van der Waals surface area contributed by atoms with Crippen LogP contribution in [0.2, 0.25) is 0 Å². The predicted molar refractivity (Wildman–Crippen MR) is 80.9 cm³/mol. The van der Waals surface area contributed by atoms with Gasteiger partial charge in [0, 0.05) is 18.8 Å². The van der Waals surface area contributed by atoms with E-state index in [0.717, 1.165) is 12.0 Å². The van der Waals surface area contributed by atoms with E-state index in [4.69, 9.17) is 4.74 Å². The lowest BCUT2D eigenvalue weighted by molar-refractivity contribution is -0.0690. The molecule has 2 atom stereocenters. The van der Waals surface area contributed by atoms with Crippen LogP contribution in [-0.4, -0.2) is 33.1 Å². The minimum atomic E-state index is -0.363. The van der Waals surface area contributed by atoms with Crippen LogP contribution in [-0.2, 0) is 11.8 Å². The average molecular weight is 294 g/mol. The number of carbonyl (C=O) groups excluding carboxylic acids is 1. The SMILES string of the molecule is C[C@@H](NC(=O)N[C@H]1CC(C)(C)OC1(C)C)c1cnn(C)c1. The highest BCUT2D eigenvalue weighted by molar-refractivity contribution is 5.75. The first-order chi connectivity index (χ1) is 9.59. The number of hydrogen-bond donors (Lipinski definition) is 2. The molecule has 1 aliphatic rings. The van der Waals surface area contributed by atoms with Gasteiger partial charge in [0.15, 0.2) is 0 Å². The first-order valence-corrected chi connectivity index (χ1v) is 7.35. The molecule has 2 heterocycles. The summed E-state index contributed by atoms with van der Waals surface area (Å²) in [5.74, 6) is 0. The minimum absolute atomic E-state index is 0.00593. The number of carbonyl (C=O) groups is 1. The maximum absolute atomic E-state index is 12.2. The van der Waals surface area contributed by atoms with Gasteiger partial charge in [0.2, 0.25) is 0 Å². The van der Waals surface area contributed by atoms with Gasteiger partial charge in [-0.1, -0.05) is 0 Å². The number of nitrogens with zero attached hydrogens (tertiary/aromatic N) is 2. The Morgan fingerprint density at radius 3 is 2.62 bits per heavy atom. The number of hydrogen-bond acceptors (Lipinski definition) is 3. The zero-order valence-electron chi connectivity index (χ0n) is 13.7. The van der Waals surface area contributed by atoms with Crippen LogP contribution in [0.5, 0.6) is 0 Å². The number of urea groups is 1. The molecule has 0 spiro atoms. The second kappa shape index (κ2) is 5.33. The molecule has 1 aliphatic heterocycles. The maximum Gasteiger partial charge on any atom is 0.315 e. The molecule has 0 aromatic carbocycles. The van der Waals surface area contributed by atoms with Crippen molar-refractivity contribution in [2.24, 2.45) is 7.05 Å². The van der Waals surface area contributed by atoms with Gasteiger partial charge in [-0.15, -0.1) is 0 Å². The van der Waals surface area contributed by atoms with Gasteiger partial charge in [0.25, 0.3) is 0 Å². The van der Waals surface area contributed by atoms with Crippen LogP contribution in [0, 0.1) is 0 Å². The lowest BCUT2D eigenvalue weighted by Gasteiger charge is -2.28. The van der Waals surface area contributed by atoms with Crippen molar-refractivity contribution in [3.63, 3.8) is 0 Å². The molecule has 2 rings (SSSR count). The smallest absolute Gasteiger partial charge is 0.315 e. The van der Waals surface area contributed by atoms with E-state index in [9.17, 15) is 4.79 Å². The molecule has 1 fully saturated rings. The van der Waals surface area contributed by atoms with Crippen molar-refractivity contribution in [3.8, 4) is 0 Å². The Bertz CT molecular complexity index is 521. The molecule has 6 heteroatoms. The number of ether oxygens (including phenoxy) is 1. The molecule has 1 aromatic rings. The van der Waals surface area contributed by atoms with Crippen molar-refractivity contribution >= 4 is 6.03 Å². The summed E-state index contributed by atoms with van der Waals surface area (Å²) in [6.07, 6.45) is 4.46. The number of aromatic nitrogens is 2. The van der Waals surface area contributed by atoms with Crippen LogP contribution >= 0.6 is 0 Å². The van der Waals surface area contributed by atoms with Crippen LogP contribution in [0.1, 0.15) is 52.6 Å². The summed E-state index contributed by atoms with van der Waals surface area (Å²) in [5, 5.41) is 10.1. The fraction of sp³-hybridized carbons (Fsp3) is 0.733. The Labute approximate surface area is 126 Å². The summed E-state index contributed by atoms with van der Waals surface area (Å²) < 4.78 is 7.71. The van der Waals surface area contributed by atoms with E-state index in [0.29, 0.717) is 0 Å². The highest BCUT2D eigenvalue weighted by Crippen LogP contribution is 2.37. The zero-order valence-corrected chi connectivity index (χ0v) is 13.7. The van der Waals surface area contributed by atoms with Gasteiger partial charge >= 0.3 is 6.03 Å². The van der Waals surface area contributed by atoms with Crippen molar-refractivity contribution in [2.45, 2.75) is 64.3 Å². The van der Waals surface area contributed by atoms with Crippen molar-refractivity contribution in [1.29, 1.82) is 0 Å². The van der Waals surface area contributed by atoms with E-state index < -0.39 is 0 Å². The lowest BCUT2D eigenvalue weighted by atomic mass is 9.94. The second-order valence-corrected chi connectivity index (χ2v) is 7.01. The molecule has 1 aromatic heterocycles. The number of aryl methyl sites for hydroxylation is 1. The molecule has 0 radical (unpaired) electrons. The normalized spacial score (nSPS) is 24.6. The Kier molecular flexibility index (Phi) is 4.02. The molecule has 0 unspecified atom stereocenters. The molecular weight excluding hydrogens is 268 g/mol. The van der Waals surface area contributed by atoms with E-state index in [2.05, 4.69) is 15.7 Å². The van der Waals surface area contributed by atoms with Crippen molar-refractivity contribution < 1.29 is 9.53 Å². The van der Waals surface area contributed by atoms with Crippen LogP contribution in [0.25, 0.3) is 0 Å². The molecule has 0 bridgehead atoms. The van der Waals surface area contributed by atoms with E-state index in [1.54, 1.807) is 10.9 Å². The van der Waals surface area contributed by atoms with Crippen molar-refractivity contribution in [1.82, 2.24) is 20.4 Å². The maximum atomic E-state index is 12.2. The monoisotopic (exact) mass is 294 g/mol.